The minimum absolute atomic E-state index is 0. The molecule has 0 aliphatic carbocycles. The molecule has 0 saturated heterocycles. The third-order valence-corrected chi connectivity index (χ3v) is 0. The minimum Gasteiger partial charge on any atom is -1.00 e. The molecule has 0 saturated carbocycles. The predicted molar refractivity (Wildman–Crippen MR) is 10.4 cm³/mol. The van der Waals surface area contributed by atoms with E-state index in [4.69, 9.17) is 15.3 Å². The van der Waals surface area contributed by atoms with Gasteiger partial charge in [-0.25, -0.2) is 0 Å². The van der Waals surface area contributed by atoms with Gasteiger partial charge < -0.3 is 27.7 Å². The summed E-state index contributed by atoms with van der Waals surface area (Å²) in [6.45, 7) is 0. The third kappa shape index (κ3) is 116. The molecule has 6 heavy (non-hydrogen) atoms. The second-order valence-electron chi connectivity index (χ2n) is 0.224. The molecule has 0 radical (unpaired) electrons. The molecule has 0 N–H and O–H groups in total. The van der Waals surface area contributed by atoms with E-state index in [9.17, 15) is 0 Å². The maximum absolute atomic E-state index is 8.25. The number of halogens is 1. The van der Waals surface area contributed by atoms with Gasteiger partial charge in [-0.15, -0.1) is 0 Å². The van der Waals surface area contributed by atoms with E-state index in [1.165, 1.54) is 0 Å². The molecule has 0 bridgehead atoms. The summed E-state index contributed by atoms with van der Waals surface area (Å²) in [4.78, 5) is 8.25. The molecule has 42 valence electrons. The van der Waals surface area contributed by atoms with Gasteiger partial charge >= 0.3 is 0 Å². The summed E-state index contributed by atoms with van der Waals surface area (Å²) in [5, 5.41) is 14.8. The average Bonchev–Trinajstić information content (AvgIpc) is 0.811. The molecule has 0 aromatic carbocycles. The Bertz CT molecular complexity index is 33.8. The third-order valence-electron chi connectivity index (χ3n) is 0. The van der Waals surface area contributed by atoms with Crippen molar-refractivity contribution in [2.45, 2.75) is 0 Å². The van der Waals surface area contributed by atoms with Gasteiger partial charge in [-0.2, -0.15) is 0 Å². The molecule has 0 aliphatic heterocycles. The van der Waals surface area contributed by atoms with Crippen LogP contribution in [0.4, 0.5) is 0 Å². The molecular formula is ClDyNO3-2. The summed E-state index contributed by atoms with van der Waals surface area (Å²) >= 11 is 0. The van der Waals surface area contributed by atoms with Crippen LogP contribution in [0.2, 0.25) is 0 Å². The van der Waals surface area contributed by atoms with Gasteiger partial charge in [-0.05, 0) is 0 Å². The van der Waals surface area contributed by atoms with E-state index in [2.05, 4.69) is 0 Å². The zero-order chi connectivity index (χ0) is 3.58. The van der Waals surface area contributed by atoms with Crippen LogP contribution in [-0.4, -0.2) is 5.09 Å². The van der Waals surface area contributed by atoms with Crippen molar-refractivity contribution in [2.24, 2.45) is 0 Å². The number of rotatable bonds is 0. The quantitative estimate of drug-likeness (QED) is 0.339. The van der Waals surface area contributed by atoms with Gasteiger partial charge in [0.1, 0.15) is 0 Å². The van der Waals surface area contributed by atoms with Gasteiger partial charge in [-0.1, -0.05) is 0 Å². The van der Waals surface area contributed by atoms with Crippen LogP contribution in [0.1, 0.15) is 0 Å². The molecule has 0 unspecified atom stereocenters. The Hall–Kier alpha value is 0.763. The maximum Gasteiger partial charge on any atom is 0.0689 e. The molecule has 4 nitrogen and oxygen atoms in total. The van der Waals surface area contributed by atoms with Crippen LogP contribution in [0.25, 0.3) is 0 Å². The van der Waals surface area contributed by atoms with Crippen molar-refractivity contribution in [3.8, 4) is 0 Å². The zero-order valence-corrected chi connectivity index (χ0v) is 5.15. The molecule has 0 atom stereocenters. The molecule has 0 spiro atoms. The van der Waals surface area contributed by atoms with E-state index in [1.54, 1.807) is 0 Å². The van der Waals surface area contributed by atoms with Crippen LogP contribution >= 0.6 is 0 Å². The van der Waals surface area contributed by atoms with Crippen LogP contribution in [0.3, 0.4) is 0 Å². The Kier molecular flexibility index (Phi) is 24.4. The first-order chi connectivity index (χ1) is 1.73. The van der Waals surface area contributed by atoms with Crippen molar-refractivity contribution in [2.75, 3.05) is 0 Å². The van der Waals surface area contributed by atoms with E-state index < -0.39 is 5.09 Å². The van der Waals surface area contributed by atoms with Crippen molar-refractivity contribution in [1.29, 1.82) is 0 Å². The van der Waals surface area contributed by atoms with E-state index in [-0.39, 0.29) is 50.6 Å². The van der Waals surface area contributed by atoms with Gasteiger partial charge in [-0.3, -0.25) is 0 Å². The van der Waals surface area contributed by atoms with Gasteiger partial charge in [0.05, 0.1) is 5.09 Å². The fourth-order valence-corrected chi connectivity index (χ4v) is 0. The van der Waals surface area contributed by atoms with E-state index in [0.717, 1.165) is 0 Å². The van der Waals surface area contributed by atoms with E-state index in [0.29, 0.717) is 0 Å². The van der Waals surface area contributed by atoms with Crippen molar-refractivity contribution in [3.63, 3.8) is 0 Å². The molecular weight excluding hydrogens is 260 g/mol. The minimum atomic E-state index is -1.75. The van der Waals surface area contributed by atoms with E-state index in [1.807, 2.05) is 0 Å². The maximum atomic E-state index is 8.25. The van der Waals surface area contributed by atoms with Crippen molar-refractivity contribution in [3.05, 3.63) is 15.3 Å². The van der Waals surface area contributed by atoms with Crippen molar-refractivity contribution >= 4 is 0 Å². The summed E-state index contributed by atoms with van der Waals surface area (Å²) in [5.41, 5.74) is 0. The van der Waals surface area contributed by atoms with Gasteiger partial charge in [0.15, 0.2) is 0 Å². The molecule has 0 rings (SSSR count). The number of hydrogen-bond donors (Lipinski definition) is 0. The summed E-state index contributed by atoms with van der Waals surface area (Å²) in [7, 11) is 0. The van der Waals surface area contributed by atoms with E-state index >= 15 is 0 Å². The molecule has 0 aromatic rings. The Morgan fingerprint density at radius 3 is 1.33 bits per heavy atom. The van der Waals surface area contributed by atoms with Crippen LogP contribution in [0, 0.1) is 53.5 Å². The molecule has 0 aliphatic rings. The molecule has 0 aromatic heterocycles. The predicted octanol–water partition coefficient (Wildman–Crippen LogP) is -3.24. The summed E-state index contributed by atoms with van der Waals surface area (Å²) < 4.78 is 0. The monoisotopic (exact) mass is 261 g/mol. The normalized spacial score (nSPS) is 4.00. The topological polar surface area (TPSA) is 66.2 Å². The molecule has 0 fully saturated rings. The Morgan fingerprint density at radius 1 is 1.33 bits per heavy atom. The summed E-state index contributed by atoms with van der Waals surface area (Å²) in [6.07, 6.45) is 0. The SMILES string of the molecule is O=[N+]([O-])[O-].[Cl-].[Dy]. The summed E-state index contributed by atoms with van der Waals surface area (Å²) in [6, 6.07) is 0. The number of hydrogen-bond acceptors (Lipinski definition) is 3. The van der Waals surface area contributed by atoms with Crippen molar-refractivity contribution < 1.29 is 55.7 Å². The molecule has 6 heteroatoms. The van der Waals surface area contributed by atoms with Crippen molar-refractivity contribution in [1.82, 2.24) is 0 Å². The number of nitrogens with zero attached hydrogens (tertiary/aromatic N) is 1. The second-order valence-corrected chi connectivity index (χ2v) is 0.224. The first-order valence-corrected chi connectivity index (χ1v) is 0.548. The Labute approximate surface area is 70.5 Å². The average molecular weight is 260 g/mol. The Morgan fingerprint density at radius 2 is 1.33 bits per heavy atom. The summed E-state index contributed by atoms with van der Waals surface area (Å²) in [5.74, 6) is 0. The first-order valence-electron chi connectivity index (χ1n) is 0.548. The fourth-order valence-electron chi connectivity index (χ4n) is 0. The second kappa shape index (κ2) is 9.23. The van der Waals surface area contributed by atoms with Gasteiger partial charge in [0.25, 0.3) is 0 Å². The van der Waals surface area contributed by atoms with Crippen LogP contribution in [0.5, 0.6) is 0 Å². The first kappa shape index (κ1) is 15.9. The van der Waals surface area contributed by atoms with Crippen LogP contribution in [0.15, 0.2) is 0 Å². The smallest absolute Gasteiger partial charge is 0.0689 e. The standard InChI is InChI=1S/ClH.Dy.NO3/c;;2-1(3)4/h1H;;/q;;-1/p-1. The van der Waals surface area contributed by atoms with Crippen LogP contribution in [-0.2, 0) is 0 Å². The Balaban J connectivity index is -0.0000000450. The van der Waals surface area contributed by atoms with Gasteiger partial charge in [0.2, 0.25) is 0 Å². The fraction of sp³-hybridized carbons (Fsp3) is 0. The van der Waals surface area contributed by atoms with Crippen LogP contribution < -0.4 is 12.4 Å². The largest absolute Gasteiger partial charge is 1.00 e. The van der Waals surface area contributed by atoms with Gasteiger partial charge in [0, 0.05) is 38.2 Å². The zero-order valence-electron chi connectivity index (χ0n) is 2.37. The molecule has 0 heterocycles. The molecule has 0 amide bonds.